The zero-order valence-electron chi connectivity index (χ0n) is 17.5. The Bertz CT molecular complexity index is 1050. The third-order valence-electron chi connectivity index (χ3n) is 5.38. The Balaban J connectivity index is 0.00000256. The van der Waals surface area contributed by atoms with Crippen molar-refractivity contribution in [2.24, 2.45) is 4.99 Å². The van der Waals surface area contributed by atoms with Gasteiger partial charge < -0.3 is 19.7 Å². The van der Waals surface area contributed by atoms with Crippen LogP contribution in [0.2, 0.25) is 0 Å². The molecule has 0 aliphatic carbocycles. The molecule has 30 heavy (non-hydrogen) atoms. The number of ether oxygens (including phenoxy) is 2. The molecule has 1 aromatic heterocycles. The average molecular weight is 518 g/mol. The Morgan fingerprint density at radius 1 is 1.10 bits per heavy atom. The number of fused-ring (bicyclic) bond motifs is 2. The van der Waals surface area contributed by atoms with Gasteiger partial charge in [-0.3, -0.25) is 9.98 Å². The lowest BCUT2D eigenvalue weighted by molar-refractivity contribution is 0.346. The molecule has 0 radical (unpaired) electrons. The Labute approximate surface area is 194 Å². The lowest BCUT2D eigenvalue weighted by atomic mass is 9.99. The first-order valence-electron chi connectivity index (χ1n) is 9.75. The van der Waals surface area contributed by atoms with Crippen molar-refractivity contribution in [3.63, 3.8) is 0 Å². The Kier molecular flexibility index (Phi) is 7.36. The highest BCUT2D eigenvalue weighted by Crippen LogP contribution is 2.33. The van der Waals surface area contributed by atoms with Gasteiger partial charge in [-0.1, -0.05) is 24.3 Å². The molecule has 0 atom stereocenters. The summed E-state index contributed by atoms with van der Waals surface area (Å²) in [6.45, 7) is 2.36. The summed E-state index contributed by atoms with van der Waals surface area (Å²) in [4.78, 5) is 11.3. The SMILES string of the molecule is CN=C(NCc1cccc2cccnc12)N1CCc2cc(OC)c(OC)cc2C1.I. The molecule has 6 nitrogen and oxygen atoms in total. The number of hydrogen-bond acceptors (Lipinski definition) is 4. The molecule has 7 heteroatoms. The van der Waals surface area contributed by atoms with Crippen molar-refractivity contribution >= 4 is 40.8 Å². The number of nitrogens with one attached hydrogen (secondary N) is 1. The van der Waals surface area contributed by atoms with Crippen molar-refractivity contribution < 1.29 is 9.47 Å². The van der Waals surface area contributed by atoms with Crippen LogP contribution in [0.3, 0.4) is 0 Å². The van der Waals surface area contributed by atoms with Gasteiger partial charge in [0.1, 0.15) is 0 Å². The van der Waals surface area contributed by atoms with Gasteiger partial charge >= 0.3 is 0 Å². The second-order valence-corrected chi connectivity index (χ2v) is 7.04. The third kappa shape index (κ3) is 4.45. The van der Waals surface area contributed by atoms with Gasteiger partial charge in [0.05, 0.1) is 19.7 Å². The van der Waals surface area contributed by atoms with E-state index in [4.69, 9.17) is 9.47 Å². The van der Waals surface area contributed by atoms with E-state index in [2.05, 4.69) is 56.6 Å². The summed E-state index contributed by atoms with van der Waals surface area (Å²) >= 11 is 0. The van der Waals surface area contributed by atoms with E-state index in [0.717, 1.165) is 53.4 Å². The molecule has 0 bridgehead atoms. The number of hydrogen-bond donors (Lipinski definition) is 1. The van der Waals surface area contributed by atoms with Crippen LogP contribution in [0.4, 0.5) is 0 Å². The first-order valence-corrected chi connectivity index (χ1v) is 9.75. The summed E-state index contributed by atoms with van der Waals surface area (Å²) in [5.74, 6) is 2.43. The number of guanidine groups is 1. The largest absolute Gasteiger partial charge is 0.493 e. The molecule has 0 unspecified atom stereocenters. The minimum absolute atomic E-state index is 0. The standard InChI is InChI=1S/C23H26N4O2.HI/c1-24-23(26-14-18-7-4-6-16-8-5-10-25-22(16)18)27-11-9-17-12-20(28-2)21(29-3)13-19(17)15-27;/h4-8,10,12-13H,9,11,14-15H2,1-3H3,(H,24,26);1H. The van der Waals surface area contributed by atoms with E-state index >= 15 is 0 Å². The van der Waals surface area contributed by atoms with Gasteiger partial charge in [-0.2, -0.15) is 0 Å². The normalized spacial score (nSPS) is 13.4. The highest BCUT2D eigenvalue weighted by molar-refractivity contribution is 14.0. The van der Waals surface area contributed by atoms with Gasteiger partial charge in [0.15, 0.2) is 17.5 Å². The van der Waals surface area contributed by atoms with Crippen LogP contribution in [0, 0.1) is 0 Å². The number of para-hydroxylation sites is 1. The molecule has 1 N–H and O–H groups in total. The highest BCUT2D eigenvalue weighted by Gasteiger charge is 2.21. The van der Waals surface area contributed by atoms with Crippen molar-refractivity contribution in [3.05, 3.63) is 65.4 Å². The Hall–Kier alpha value is -2.55. The van der Waals surface area contributed by atoms with E-state index in [-0.39, 0.29) is 24.0 Å². The average Bonchev–Trinajstić information content (AvgIpc) is 2.78. The van der Waals surface area contributed by atoms with Crippen molar-refractivity contribution in [2.75, 3.05) is 27.8 Å². The van der Waals surface area contributed by atoms with Gasteiger partial charge in [-0.25, -0.2) is 0 Å². The lowest BCUT2D eigenvalue weighted by Gasteiger charge is -2.32. The number of pyridine rings is 1. The molecule has 1 aliphatic heterocycles. The number of methoxy groups -OCH3 is 2. The fourth-order valence-electron chi connectivity index (χ4n) is 3.88. The van der Waals surface area contributed by atoms with Crippen molar-refractivity contribution in [1.82, 2.24) is 15.2 Å². The molecule has 0 fully saturated rings. The van der Waals surface area contributed by atoms with Crippen LogP contribution in [-0.4, -0.2) is 43.7 Å². The fraction of sp³-hybridized carbons (Fsp3) is 0.304. The highest BCUT2D eigenvalue weighted by atomic mass is 127. The van der Waals surface area contributed by atoms with Gasteiger partial charge in [0, 0.05) is 38.3 Å². The number of aliphatic imine (C=N–C) groups is 1. The van der Waals surface area contributed by atoms with Gasteiger partial charge in [0.25, 0.3) is 0 Å². The van der Waals surface area contributed by atoms with Crippen LogP contribution >= 0.6 is 24.0 Å². The van der Waals surface area contributed by atoms with Gasteiger partial charge in [-0.05, 0) is 41.3 Å². The predicted molar refractivity (Wildman–Crippen MR) is 131 cm³/mol. The molecule has 0 amide bonds. The van der Waals surface area contributed by atoms with Crippen molar-refractivity contribution in [2.45, 2.75) is 19.5 Å². The van der Waals surface area contributed by atoms with Crippen LogP contribution in [0.1, 0.15) is 16.7 Å². The summed E-state index contributed by atoms with van der Waals surface area (Å²) < 4.78 is 10.9. The maximum Gasteiger partial charge on any atom is 0.194 e. The van der Waals surface area contributed by atoms with E-state index < -0.39 is 0 Å². The molecule has 0 spiro atoms. The zero-order valence-corrected chi connectivity index (χ0v) is 19.8. The molecule has 4 rings (SSSR count). The van der Waals surface area contributed by atoms with E-state index in [1.165, 1.54) is 11.1 Å². The molecular weight excluding hydrogens is 491 g/mol. The molecule has 2 aromatic carbocycles. The molecular formula is C23H27IN4O2. The molecule has 158 valence electrons. The minimum atomic E-state index is 0. The number of halogens is 1. The smallest absolute Gasteiger partial charge is 0.194 e. The molecule has 1 aliphatic rings. The summed E-state index contributed by atoms with van der Waals surface area (Å²) in [6.07, 6.45) is 2.77. The second kappa shape index (κ2) is 9.97. The topological polar surface area (TPSA) is 59.0 Å². The Morgan fingerprint density at radius 3 is 2.57 bits per heavy atom. The Morgan fingerprint density at radius 2 is 1.83 bits per heavy atom. The molecule has 2 heterocycles. The van der Waals surface area contributed by atoms with Crippen LogP contribution in [0.25, 0.3) is 10.9 Å². The van der Waals surface area contributed by atoms with Crippen molar-refractivity contribution in [1.29, 1.82) is 0 Å². The number of nitrogens with zero attached hydrogens (tertiary/aromatic N) is 3. The fourth-order valence-corrected chi connectivity index (χ4v) is 3.88. The summed E-state index contributed by atoms with van der Waals surface area (Å²) in [6, 6.07) is 14.5. The van der Waals surface area contributed by atoms with E-state index in [1.807, 2.05) is 19.3 Å². The second-order valence-electron chi connectivity index (χ2n) is 7.04. The van der Waals surface area contributed by atoms with E-state index in [0.29, 0.717) is 6.54 Å². The first-order chi connectivity index (χ1) is 14.2. The predicted octanol–water partition coefficient (Wildman–Crippen LogP) is 4.00. The van der Waals surface area contributed by atoms with Crippen LogP contribution in [0.15, 0.2) is 53.7 Å². The van der Waals surface area contributed by atoms with Gasteiger partial charge in [-0.15, -0.1) is 24.0 Å². The molecule has 0 saturated heterocycles. The third-order valence-corrected chi connectivity index (χ3v) is 5.38. The van der Waals surface area contributed by atoms with Crippen molar-refractivity contribution in [3.8, 4) is 11.5 Å². The number of benzene rings is 2. The molecule has 0 saturated carbocycles. The van der Waals surface area contributed by atoms with E-state index in [9.17, 15) is 0 Å². The zero-order chi connectivity index (χ0) is 20.2. The van der Waals surface area contributed by atoms with Crippen LogP contribution in [0.5, 0.6) is 11.5 Å². The maximum absolute atomic E-state index is 5.47. The van der Waals surface area contributed by atoms with Crippen LogP contribution < -0.4 is 14.8 Å². The summed E-state index contributed by atoms with van der Waals surface area (Å²) in [5.41, 5.74) is 4.73. The maximum atomic E-state index is 5.47. The number of aromatic nitrogens is 1. The van der Waals surface area contributed by atoms with Gasteiger partial charge in [0.2, 0.25) is 0 Å². The molecule has 3 aromatic rings. The quantitative estimate of drug-likeness (QED) is 0.322. The van der Waals surface area contributed by atoms with E-state index in [1.54, 1.807) is 14.2 Å². The summed E-state index contributed by atoms with van der Waals surface area (Å²) in [7, 11) is 5.17. The first kappa shape index (κ1) is 22.1. The minimum Gasteiger partial charge on any atom is -0.493 e. The lowest BCUT2D eigenvalue weighted by Crippen LogP contribution is -2.43. The number of rotatable bonds is 4. The summed E-state index contributed by atoms with van der Waals surface area (Å²) in [5, 5.41) is 4.66. The van der Waals surface area contributed by atoms with Crippen LogP contribution in [-0.2, 0) is 19.5 Å². The monoisotopic (exact) mass is 518 g/mol.